The predicted molar refractivity (Wildman–Crippen MR) is 197 cm³/mol. The van der Waals surface area contributed by atoms with Gasteiger partial charge in [0.2, 0.25) is 5.89 Å². The number of aryl methyl sites for hydroxylation is 1. The van der Waals surface area contributed by atoms with Crippen molar-refractivity contribution >= 4 is 23.0 Å². The first-order chi connectivity index (χ1) is 25.4. The van der Waals surface area contributed by atoms with Crippen LogP contribution in [0, 0.1) is 11.3 Å². The fourth-order valence-corrected chi connectivity index (χ4v) is 6.71. The minimum atomic E-state index is -0.394. The third kappa shape index (κ3) is 9.03. The fraction of sp³-hybridized carbons (Fsp3) is 0.357. The smallest absolute Gasteiger partial charge is 0.356 e. The van der Waals surface area contributed by atoms with Crippen molar-refractivity contribution in [3.8, 4) is 23.3 Å². The average Bonchev–Trinajstić information content (AvgIpc) is 3.61. The predicted octanol–water partition coefficient (Wildman–Crippen LogP) is 8.17. The van der Waals surface area contributed by atoms with Crippen molar-refractivity contribution in [1.82, 2.24) is 14.9 Å². The van der Waals surface area contributed by atoms with Gasteiger partial charge in [0.1, 0.15) is 23.6 Å². The number of carbonyl (C=O) groups excluding carboxylic acids is 2. The number of nitrogens with zero attached hydrogens (tertiary/aromatic N) is 4. The lowest BCUT2D eigenvalue weighted by Crippen LogP contribution is -2.34. The van der Waals surface area contributed by atoms with E-state index < -0.39 is 5.97 Å². The van der Waals surface area contributed by atoms with Gasteiger partial charge in [0, 0.05) is 30.3 Å². The summed E-state index contributed by atoms with van der Waals surface area (Å²) in [7, 11) is 0. The lowest BCUT2D eigenvalue weighted by molar-refractivity contribution is -0.143. The third-order valence-electron chi connectivity index (χ3n) is 9.32. The molecule has 0 radical (unpaired) electrons. The summed E-state index contributed by atoms with van der Waals surface area (Å²) in [5.41, 5.74) is 7.27. The Hall–Kier alpha value is -5.53. The van der Waals surface area contributed by atoms with Gasteiger partial charge in [-0.3, -0.25) is 9.69 Å². The third-order valence-corrected chi connectivity index (χ3v) is 9.32. The second-order valence-corrected chi connectivity index (χ2v) is 12.8. The lowest BCUT2D eigenvalue weighted by atomic mass is 9.89. The van der Waals surface area contributed by atoms with Crippen LogP contribution in [0.1, 0.15) is 90.4 Å². The number of ether oxygens (including phenoxy) is 3. The number of nitriles is 1. The summed E-state index contributed by atoms with van der Waals surface area (Å²) in [5, 5.41) is 9.20. The summed E-state index contributed by atoms with van der Waals surface area (Å²) in [5.74, 6) is 0.791. The van der Waals surface area contributed by atoms with Gasteiger partial charge in [-0.15, -0.1) is 0 Å². The molecule has 0 saturated carbocycles. The molecule has 6 rings (SSSR count). The molecule has 10 heteroatoms. The van der Waals surface area contributed by atoms with Gasteiger partial charge in [-0.25, -0.2) is 14.8 Å². The van der Waals surface area contributed by atoms with Gasteiger partial charge in [0.15, 0.2) is 5.58 Å². The minimum absolute atomic E-state index is 0.149. The van der Waals surface area contributed by atoms with Gasteiger partial charge in [-0.1, -0.05) is 36.4 Å². The Labute approximate surface area is 304 Å². The number of carbonyl (C=O) groups is 2. The number of pyridine rings is 1. The largest absolute Gasteiger partial charge is 0.489 e. The van der Waals surface area contributed by atoms with E-state index in [0.29, 0.717) is 54.5 Å². The first kappa shape index (κ1) is 36.3. The molecule has 1 atom stereocenters. The first-order valence-corrected chi connectivity index (χ1v) is 18.1. The van der Waals surface area contributed by atoms with Gasteiger partial charge in [0.25, 0.3) is 0 Å². The molecule has 0 spiro atoms. The van der Waals surface area contributed by atoms with E-state index in [1.807, 2.05) is 55.5 Å². The number of aromatic nitrogens is 2. The molecule has 268 valence electrons. The van der Waals surface area contributed by atoms with Gasteiger partial charge >= 0.3 is 11.9 Å². The Morgan fingerprint density at radius 2 is 1.77 bits per heavy atom. The Balaban J connectivity index is 1.13. The number of hydrogen-bond donors (Lipinski definition) is 0. The van der Waals surface area contributed by atoms with Crippen LogP contribution < -0.4 is 4.74 Å². The molecule has 0 saturated heterocycles. The highest BCUT2D eigenvalue weighted by molar-refractivity contribution is 5.87. The van der Waals surface area contributed by atoms with Gasteiger partial charge in [-0.2, -0.15) is 5.26 Å². The van der Waals surface area contributed by atoms with E-state index >= 15 is 0 Å². The van der Waals surface area contributed by atoms with E-state index in [0.717, 1.165) is 85.3 Å². The number of esters is 2. The van der Waals surface area contributed by atoms with Crippen LogP contribution >= 0.6 is 0 Å². The summed E-state index contributed by atoms with van der Waals surface area (Å²) in [6.45, 7) is 6.33. The zero-order valence-corrected chi connectivity index (χ0v) is 29.8. The Bertz CT molecular complexity index is 2030. The number of unbranched alkanes of at least 4 members (excludes halogenated alkanes) is 1. The molecular formula is C42H44N4O6. The Morgan fingerprint density at radius 1 is 0.942 bits per heavy atom. The lowest BCUT2D eigenvalue weighted by Gasteiger charge is -2.36. The summed E-state index contributed by atoms with van der Waals surface area (Å²) >= 11 is 0. The van der Waals surface area contributed by atoms with Crippen LogP contribution in [0.15, 0.2) is 83.3 Å². The van der Waals surface area contributed by atoms with Crippen LogP contribution in [0.4, 0.5) is 0 Å². The van der Waals surface area contributed by atoms with Crippen LogP contribution in [-0.4, -0.2) is 53.1 Å². The van der Waals surface area contributed by atoms with E-state index in [1.54, 1.807) is 31.2 Å². The minimum Gasteiger partial charge on any atom is -0.489 e. The molecule has 0 N–H and O–H groups in total. The van der Waals surface area contributed by atoms with Crippen LogP contribution in [0.5, 0.6) is 5.75 Å². The maximum atomic E-state index is 12.4. The fourth-order valence-electron chi connectivity index (χ4n) is 6.71. The molecule has 1 aliphatic carbocycles. The number of rotatable bonds is 16. The molecule has 1 unspecified atom stereocenters. The SMILES string of the molecule is CCOC(=O)CCCCN(CCc1ccccc1OCc1ccc(-c2nc3cc(C#N)ccc3o2)cc1)C1CCCc2nc(C(=O)OCC)ccc21. The van der Waals surface area contributed by atoms with Crippen molar-refractivity contribution in [2.45, 2.75) is 71.4 Å². The van der Waals surface area contributed by atoms with Crippen LogP contribution in [0.3, 0.4) is 0 Å². The number of hydrogen-bond acceptors (Lipinski definition) is 10. The van der Waals surface area contributed by atoms with E-state index in [4.69, 9.17) is 23.6 Å². The number of para-hydroxylation sites is 1. The quantitative estimate of drug-likeness (QED) is 0.0734. The number of benzene rings is 3. The molecule has 0 aliphatic heterocycles. The topological polar surface area (TPSA) is 128 Å². The highest BCUT2D eigenvalue weighted by atomic mass is 16.5. The van der Waals surface area contributed by atoms with Crippen molar-refractivity contribution in [3.63, 3.8) is 0 Å². The number of fused-ring (bicyclic) bond motifs is 2. The molecule has 0 fully saturated rings. The van der Waals surface area contributed by atoms with E-state index in [9.17, 15) is 14.9 Å². The summed E-state index contributed by atoms with van der Waals surface area (Å²) in [4.78, 5) is 36.2. The second-order valence-electron chi connectivity index (χ2n) is 12.8. The molecular weight excluding hydrogens is 656 g/mol. The second kappa shape index (κ2) is 17.6. The Kier molecular flexibility index (Phi) is 12.3. The van der Waals surface area contributed by atoms with Crippen LogP contribution in [0.25, 0.3) is 22.6 Å². The normalized spacial score (nSPS) is 13.8. The molecule has 52 heavy (non-hydrogen) atoms. The van der Waals surface area contributed by atoms with Crippen molar-refractivity contribution in [2.75, 3.05) is 26.3 Å². The Morgan fingerprint density at radius 3 is 2.58 bits per heavy atom. The van der Waals surface area contributed by atoms with Gasteiger partial charge < -0.3 is 18.6 Å². The van der Waals surface area contributed by atoms with Gasteiger partial charge in [0.05, 0.1) is 24.8 Å². The monoisotopic (exact) mass is 700 g/mol. The molecule has 0 amide bonds. The van der Waals surface area contributed by atoms with Gasteiger partial charge in [-0.05, 0) is 118 Å². The highest BCUT2D eigenvalue weighted by Crippen LogP contribution is 2.35. The average molecular weight is 701 g/mol. The molecule has 3 aromatic carbocycles. The van der Waals surface area contributed by atoms with Crippen molar-refractivity contribution in [2.24, 2.45) is 0 Å². The molecule has 2 heterocycles. The van der Waals surface area contributed by atoms with Crippen molar-refractivity contribution < 1.29 is 28.2 Å². The van der Waals surface area contributed by atoms with Crippen LogP contribution in [0.2, 0.25) is 0 Å². The standard InChI is InChI=1S/C42H44N4O6/c1-3-49-40(47)14-7-8-24-46(37-12-9-11-34-33(37)20-21-35(44-34)42(48)50-4-2)25-23-31-10-5-6-13-38(31)51-28-29-15-18-32(19-16-29)41-45-36-26-30(27-43)17-22-39(36)52-41/h5-6,10,13,15-22,26,37H,3-4,7-9,11-12,14,23-25,28H2,1-2H3. The molecule has 5 aromatic rings. The van der Waals surface area contributed by atoms with Crippen LogP contribution in [-0.2, 0) is 33.7 Å². The van der Waals surface area contributed by atoms with Crippen molar-refractivity contribution in [3.05, 3.63) is 113 Å². The van der Waals surface area contributed by atoms with Crippen molar-refractivity contribution in [1.29, 1.82) is 5.26 Å². The van der Waals surface area contributed by atoms with E-state index in [2.05, 4.69) is 22.0 Å². The molecule has 10 nitrogen and oxygen atoms in total. The van der Waals surface area contributed by atoms with E-state index in [-0.39, 0.29) is 12.0 Å². The molecule has 2 aromatic heterocycles. The maximum Gasteiger partial charge on any atom is 0.356 e. The van der Waals surface area contributed by atoms with E-state index in [1.165, 1.54) is 0 Å². The highest BCUT2D eigenvalue weighted by Gasteiger charge is 2.28. The molecule has 0 bridgehead atoms. The summed E-state index contributed by atoms with van der Waals surface area (Å²) in [6.07, 6.45) is 5.58. The first-order valence-electron chi connectivity index (χ1n) is 18.1. The molecule has 1 aliphatic rings. The zero-order chi connectivity index (χ0) is 36.3. The summed E-state index contributed by atoms with van der Waals surface area (Å²) < 4.78 is 22.7. The summed E-state index contributed by atoms with van der Waals surface area (Å²) in [6, 6.07) is 27.4. The number of oxazole rings is 1. The zero-order valence-electron chi connectivity index (χ0n) is 29.8. The maximum absolute atomic E-state index is 12.4.